The molecular weight excluding hydrogens is 309 g/mol. The lowest BCUT2D eigenvalue weighted by atomic mass is 10.1. The van der Waals surface area contributed by atoms with Gasteiger partial charge in [-0.05, 0) is 23.6 Å². The van der Waals surface area contributed by atoms with Crippen molar-refractivity contribution >= 4 is 20.8 Å². The number of hydrogen-bond donors (Lipinski definition) is 3. The Morgan fingerprint density at radius 2 is 1.52 bits per heavy atom. The van der Waals surface area contributed by atoms with E-state index in [1.54, 1.807) is 0 Å². The minimum Gasteiger partial charge on any atom is -0.328 e. The van der Waals surface area contributed by atoms with Crippen LogP contribution in [0.2, 0.25) is 0 Å². The Hall–Kier alpha value is -1.55. The van der Waals surface area contributed by atoms with Gasteiger partial charge in [0.25, 0.3) is 0 Å². The van der Waals surface area contributed by atoms with Gasteiger partial charge in [-0.1, -0.05) is 66.2 Å². The van der Waals surface area contributed by atoms with E-state index in [1.165, 1.54) is 16.7 Å². The molecule has 0 aliphatic heterocycles. The molecule has 0 saturated heterocycles. The summed E-state index contributed by atoms with van der Waals surface area (Å²) in [5, 5.41) is 3.18. The maximum absolute atomic E-state index is 8.61. The molecule has 0 atom stereocenters. The number of nitrogens with one attached hydrogen (secondary N) is 1. The van der Waals surface area contributed by atoms with Gasteiger partial charge in [-0.25, -0.2) is 0 Å². The van der Waals surface area contributed by atoms with Crippen LogP contribution in [0.25, 0.3) is 12.2 Å². The first-order chi connectivity index (χ1) is 11.1. The van der Waals surface area contributed by atoms with Crippen molar-refractivity contribution in [2.45, 2.75) is 13.5 Å². The van der Waals surface area contributed by atoms with Crippen molar-refractivity contribution in [2.75, 3.05) is 13.2 Å². The first-order valence-electron chi connectivity index (χ1n) is 7.49. The van der Waals surface area contributed by atoms with Crippen LogP contribution in [0.15, 0.2) is 48.5 Å². The van der Waals surface area contributed by atoms with Crippen molar-refractivity contribution in [3.63, 3.8) is 0 Å². The van der Waals surface area contributed by atoms with Crippen molar-refractivity contribution in [1.29, 1.82) is 0 Å². The van der Waals surface area contributed by atoms with Gasteiger partial charge >= 0.3 is 8.60 Å². The number of hydrogen-bond acceptors (Lipinski definition) is 4. The maximum Gasteiger partial charge on any atom is 0.327 e. The van der Waals surface area contributed by atoms with Crippen molar-refractivity contribution in [3.8, 4) is 0 Å². The smallest absolute Gasteiger partial charge is 0.327 e. The SMILES string of the molecule is Cc1ccc(/C=C/c2ccc(CNCCOP(O)O)cc2)cc1. The van der Waals surface area contributed by atoms with Gasteiger partial charge < -0.3 is 19.6 Å². The average Bonchev–Trinajstić information content (AvgIpc) is 2.55. The second-order valence-electron chi connectivity index (χ2n) is 5.25. The molecule has 0 spiro atoms. The fourth-order valence-corrected chi connectivity index (χ4v) is 2.30. The van der Waals surface area contributed by atoms with Crippen LogP contribution in [0, 0.1) is 6.92 Å². The summed E-state index contributed by atoms with van der Waals surface area (Å²) in [6, 6.07) is 16.7. The summed E-state index contributed by atoms with van der Waals surface area (Å²) in [5.74, 6) is 0. The predicted octanol–water partition coefficient (Wildman–Crippen LogP) is 3.48. The van der Waals surface area contributed by atoms with E-state index in [4.69, 9.17) is 9.79 Å². The molecule has 2 rings (SSSR count). The largest absolute Gasteiger partial charge is 0.328 e. The van der Waals surface area contributed by atoms with Crippen molar-refractivity contribution < 1.29 is 14.3 Å². The highest BCUT2D eigenvalue weighted by Crippen LogP contribution is 2.23. The molecular formula is C18H22NO3P. The fraction of sp³-hybridized carbons (Fsp3) is 0.222. The Kier molecular flexibility index (Phi) is 7.40. The molecule has 0 heterocycles. The van der Waals surface area contributed by atoms with Crippen LogP contribution in [0.5, 0.6) is 0 Å². The normalized spacial score (nSPS) is 11.5. The lowest BCUT2D eigenvalue weighted by molar-refractivity contribution is 0.254. The molecule has 0 unspecified atom stereocenters. The summed E-state index contributed by atoms with van der Waals surface area (Å²) in [4.78, 5) is 17.2. The average molecular weight is 331 g/mol. The van der Waals surface area contributed by atoms with Gasteiger partial charge in [0.15, 0.2) is 0 Å². The molecule has 2 aromatic rings. The zero-order valence-corrected chi connectivity index (χ0v) is 14.0. The van der Waals surface area contributed by atoms with Gasteiger partial charge in [0.2, 0.25) is 0 Å². The van der Waals surface area contributed by atoms with E-state index in [-0.39, 0.29) is 6.61 Å². The Balaban J connectivity index is 1.79. The van der Waals surface area contributed by atoms with Gasteiger partial charge in [0.1, 0.15) is 0 Å². The van der Waals surface area contributed by atoms with Crippen molar-refractivity contribution in [2.24, 2.45) is 0 Å². The number of aryl methyl sites for hydroxylation is 1. The second kappa shape index (κ2) is 9.56. The van der Waals surface area contributed by atoms with Crippen LogP contribution in [-0.4, -0.2) is 22.9 Å². The summed E-state index contributed by atoms with van der Waals surface area (Å²) >= 11 is 0. The van der Waals surface area contributed by atoms with Crippen LogP contribution in [0.1, 0.15) is 22.3 Å². The minimum atomic E-state index is -2.25. The van der Waals surface area contributed by atoms with Gasteiger partial charge in [0, 0.05) is 13.1 Å². The van der Waals surface area contributed by atoms with E-state index >= 15 is 0 Å². The molecule has 2 aromatic carbocycles. The van der Waals surface area contributed by atoms with E-state index in [1.807, 2.05) is 0 Å². The standard InChI is InChI=1S/C18H22NO3P/c1-15-2-4-16(5-3-15)6-7-17-8-10-18(11-9-17)14-19-12-13-22-23(20)21/h2-11,19-21H,12-14H2,1H3/b7-6+. The van der Waals surface area contributed by atoms with Gasteiger partial charge in [-0.3, -0.25) is 0 Å². The third-order valence-electron chi connectivity index (χ3n) is 3.34. The minimum absolute atomic E-state index is 0.288. The molecule has 0 saturated carbocycles. The Bertz CT molecular complexity index is 609. The Labute approximate surface area is 138 Å². The third kappa shape index (κ3) is 7.04. The maximum atomic E-state index is 8.61. The first kappa shape index (κ1) is 17.8. The molecule has 5 heteroatoms. The highest BCUT2D eigenvalue weighted by molar-refractivity contribution is 7.39. The lowest BCUT2D eigenvalue weighted by Gasteiger charge is -2.06. The number of rotatable bonds is 8. The van der Waals surface area contributed by atoms with Crippen molar-refractivity contribution in [3.05, 3.63) is 70.8 Å². The second-order valence-corrected chi connectivity index (χ2v) is 6.01. The first-order valence-corrected chi connectivity index (χ1v) is 8.65. The molecule has 0 amide bonds. The molecule has 4 nitrogen and oxygen atoms in total. The van der Waals surface area contributed by atoms with Crippen LogP contribution >= 0.6 is 8.60 Å². The molecule has 3 N–H and O–H groups in total. The molecule has 122 valence electrons. The predicted molar refractivity (Wildman–Crippen MR) is 95.6 cm³/mol. The molecule has 0 fully saturated rings. The number of benzene rings is 2. The van der Waals surface area contributed by atoms with E-state index in [0.29, 0.717) is 6.54 Å². The summed E-state index contributed by atoms with van der Waals surface area (Å²) in [7, 11) is -2.25. The molecule has 0 aromatic heterocycles. The van der Waals surface area contributed by atoms with Crippen LogP contribution in [-0.2, 0) is 11.1 Å². The third-order valence-corrected chi connectivity index (χ3v) is 3.75. The van der Waals surface area contributed by atoms with Gasteiger partial charge in [-0.2, -0.15) is 0 Å². The molecule has 0 radical (unpaired) electrons. The van der Waals surface area contributed by atoms with E-state index in [0.717, 1.165) is 12.1 Å². The van der Waals surface area contributed by atoms with Crippen LogP contribution < -0.4 is 5.32 Å². The highest BCUT2D eigenvalue weighted by Gasteiger charge is 1.98. The summed E-state index contributed by atoms with van der Waals surface area (Å²) < 4.78 is 4.68. The van der Waals surface area contributed by atoms with Crippen LogP contribution in [0.4, 0.5) is 0 Å². The zero-order chi connectivity index (χ0) is 16.5. The van der Waals surface area contributed by atoms with Gasteiger partial charge in [-0.15, -0.1) is 0 Å². The molecule has 0 bridgehead atoms. The summed E-state index contributed by atoms with van der Waals surface area (Å²) in [6.45, 7) is 3.67. The molecule has 0 aliphatic rings. The molecule has 0 aliphatic carbocycles. The monoisotopic (exact) mass is 331 g/mol. The van der Waals surface area contributed by atoms with Gasteiger partial charge in [0.05, 0.1) is 6.61 Å². The van der Waals surface area contributed by atoms with Crippen LogP contribution in [0.3, 0.4) is 0 Å². The van der Waals surface area contributed by atoms with E-state index in [2.05, 4.69) is 77.4 Å². The Morgan fingerprint density at radius 1 is 0.957 bits per heavy atom. The summed E-state index contributed by atoms with van der Waals surface area (Å²) in [5.41, 5.74) is 4.78. The van der Waals surface area contributed by atoms with E-state index < -0.39 is 8.60 Å². The highest BCUT2D eigenvalue weighted by atomic mass is 31.2. The zero-order valence-electron chi connectivity index (χ0n) is 13.1. The fourth-order valence-electron chi connectivity index (χ4n) is 2.05. The molecule has 23 heavy (non-hydrogen) atoms. The quantitative estimate of drug-likeness (QED) is 0.394. The van der Waals surface area contributed by atoms with E-state index in [9.17, 15) is 0 Å². The topological polar surface area (TPSA) is 61.7 Å². The summed E-state index contributed by atoms with van der Waals surface area (Å²) in [6.07, 6.45) is 4.20. The van der Waals surface area contributed by atoms with Crippen molar-refractivity contribution in [1.82, 2.24) is 5.32 Å². The Morgan fingerprint density at radius 3 is 2.09 bits per heavy atom. The lowest BCUT2D eigenvalue weighted by Crippen LogP contribution is -2.18.